The van der Waals surface area contributed by atoms with E-state index >= 15 is 0 Å². The molecule has 1 aromatic carbocycles. The molecule has 0 saturated carbocycles. The average molecular weight is 384 g/mol. The molecule has 4 nitrogen and oxygen atoms in total. The normalized spacial score (nSPS) is 12.9. The minimum absolute atomic E-state index is 0.399. The van der Waals surface area contributed by atoms with Crippen molar-refractivity contribution in [1.29, 1.82) is 0 Å². The second-order valence-electron chi connectivity index (χ2n) is 7.15. The molecule has 0 spiro atoms. The van der Waals surface area contributed by atoms with Crippen molar-refractivity contribution in [1.82, 2.24) is 0 Å². The van der Waals surface area contributed by atoms with Gasteiger partial charge < -0.3 is 14.5 Å². The van der Waals surface area contributed by atoms with Gasteiger partial charge in [0.05, 0.1) is 0 Å². The Kier molecular flexibility index (Phi) is 12.7. The molecule has 0 aliphatic rings. The van der Waals surface area contributed by atoms with E-state index in [-0.39, 0.29) is 0 Å². The van der Waals surface area contributed by atoms with Crippen LogP contribution in [-0.4, -0.2) is 15.6 Å². The lowest BCUT2D eigenvalue weighted by Crippen LogP contribution is -2.16. The number of para-hydroxylation sites is 1. The molecule has 0 aliphatic carbocycles. The van der Waals surface area contributed by atoms with Gasteiger partial charge in [-0.25, -0.2) is 0 Å². The number of benzene rings is 1. The summed E-state index contributed by atoms with van der Waals surface area (Å²) < 4.78 is 17.2. The van der Waals surface area contributed by atoms with Gasteiger partial charge in [-0.15, -0.1) is 0 Å². The van der Waals surface area contributed by atoms with Crippen LogP contribution in [0.3, 0.4) is 0 Å². The largest absolute Gasteiger partial charge is 0.478 e. The van der Waals surface area contributed by atoms with Gasteiger partial charge in [0, 0.05) is 0 Å². The van der Waals surface area contributed by atoms with E-state index in [1.165, 1.54) is 57.8 Å². The molecule has 1 unspecified atom stereocenters. The first-order chi connectivity index (χ1) is 12.5. The maximum atomic E-state index is 11.6. The van der Waals surface area contributed by atoms with E-state index in [1.807, 2.05) is 6.07 Å². The molecule has 0 heterocycles. The highest BCUT2D eigenvalue weighted by atomic mass is 31.2. The van der Waals surface area contributed by atoms with Crippen LogP contribution in [0.4, 0.5) is 0 Å². The molecule has 1 rings (SSSR count). The van der Waals surface area contributed by atoms with Crippen LogP contribution in [0.25, 0.3) is 0 Å². The molecule has 0 saturated heterocycles. The first-order valence-corrected chi connectivity index (χ1v) is 12.0. The first-order valence-electron chi connectivity index (χ1n) is 10.3. The van der Waals surface area contributed by atoms with Crippen LogP contribution in [0, 0.1) is 0 Å². The van der Waals surface area contributed by atoms with E-state index in [2.05, 4.69) is 6.92 Å². The zero-order valence-corrected chi connectivity index (χ0v) is 17.2. The molecule has 0 aliphatic heterocycles. The second kappa shape index (κ2) is 14.3. The van der Waals surface area contributed by atoms with Crippen LogP contribution >= 0.6 is 7.60 Å². The third kappa shape index (κ3) is 11.7. The van der Waals surface area contributed by atoms with Crippen LogP contribution < -0.4 is 4.74 Å². The molecule has 0 radical (unpaired) electrons. The highest BCUT2D eigenvalue weighted by molar-refractivity contribution is 7.52. The van der Waals surface area contributed by atoms with Gasteiger partial charge in [-0.3, -0.25) is 4.57 Å². The molecule has 1 atom stereocenters. The van der Waals surface area contributed by atoms with Crippen LogP contribution in [-0.2, 0) is 4.57 Å². The fraction of sp³-hybridized carbons (Fsp3) is 0.714. The molecule has 1 aromatic rings. The molecule has 0 bridgehead atoms. The summed E-state index contributed by atoms with van der Waals surface area (Å²) in [6.45, 7) is 2.25. The summed E-state index contributed by atoms with van der Waals surface area (Å²) in [4.78, 5) is 19.0. The van der Waals surface area contributed by atoms with Crippen molar-refractivity contribution in [3.8, 4) is 5.75 Å². The topological polar surface area (TPSA) is 66.8 Å². The van der Waals surface area contributed by atoms with Gasteiger partial charge in [-0.1, -0.05) is 95.8 Å². The Morgan fingerprint density at radius 3 is 1.73 bits per heavy atom. The third-order valence-electron chi connectivity index (χ3n) is 4.70. The van der Waals surface area contributed by atoms with Gasteiger partial charge in [0.2, 0.25) is 0 Å². The average Bonchev–Trinajstić information content (AvgIpc) is 2.61. The number of unbranched alkanes of at least 4 members (excludes halogenated alkanes) is 11. The lowest BCUT2D eigenvalue weighted by molar-refractivity contribution is 0.211. The summed E-state index contributed by atoms with van der Waals surface area (Å²) in [6, 6.07) is 8.91. The van der Waals surface area contributed by atoms with Gasteiger partial charge in [-0.05, 0) is 25.0 Å². The van der Waals surface area contributed by atoms with Gasteiger partial charge in [-0.2, -0.15) is 0 Å². The van der Waals surface area contributed by atoms with Crippen molar-refractivity contribution in [3.63, 3.8) is 0 Å². The minimum atomic E-state index is -4.25. The SMILES string of the molecule is CCCCCCCCCCCCCCC(Oc1ccccc1)P(=O)(O)O. The van der Waals surface area contributed by atoms with Gasteiger partial charge in [0.15, 0.2) is 5.85 Å². The molecule has 0 fully saturated rings. The molecular weight excluding hydrogens is 347 g/mol. The summed E-state index contributed by atoms with van der Waals surface area (Å²) in [5.41, 5.74) is 0. The Morgan fingerprint density at radius 1 is 0.808 bits per heavy atom. The highest BCUT2D eigenvalue weighted by Crippen LogP contribution is 2.44. The smallest absolute Gasteiger partial charge is 0.365 e. The van der Waals surface area contributed by atoms with Crippen molar-refractivity contribution >= 4 is 7.60 Å². The molecular formula is C21H37O4P. The van der Waals surface area contributed by atoms with Crippen molar-refractivity contribution < 1.29 is 19.1 Å². The Balaban J connectivity index is 2.07. The van der Waals surface area contributed by atoms with Gasteiger partial charge in [0.25, 0.3) is 0 Å². The van der Waals surface area contributed by atoms with Crippen molar-refractivity contribution in [2.45, 2.75) is 96.2 Å². The quantitative estimate of drug-likeness (QED) is 0.247. The fourth-order valence-corrected chi connectivity index (χ4v) is 3.89. The minimum Gasteiger partial charge on any atom is -0.478 e. The number of hydrogen-bond donors (Lipinski definition) is 2. The van der Waals surface area contributed by atoms with Crippen molar-refractivity contribution in [2.75, 3.05) is 0 Å². The summed E-state index contributed by atoms with van der Waals surface area (Å²) in [5.74, 6) is -0.521. The Hall–Kier alpha value is -0.830. The summed E-state index contributed by atoms with van der Waals surface area (Å²) in [7, 11) is -4.25. The monoisotopic (exact) mass is 384 g/mol. The van der Waals surface area contributed by atoms with Crippen LogP contribution in [0.2, 0.25) is 0 Å². The Labute approximate surface area is 159 Å². The van der Waals surface area contributed by atoms with Crippen LogP contribution in [0.1, 0.15) is 90.4 Å². The fourth-order valence-electron chi connectivity index (χ4n) is 3.11. The lowest BCUT2D eigenvalue weighted by Gasteiger charge is -2.20. The molecule has 5 heteroatoms. The zero-order chi connectivity index (χ0) is 19.1. The predicted molar refractivity (Wildman–Crippen MR) is 109 cm³/mol. The molecule has 26 heavy (non-hydrogen) atoms. The van der Waals surface area contributed by atoms with Gasteiger partial charge in [0.1, 0.15) is 5.75 Å². The molecule has 150 valence electrons. The highest BCUT2D eigenvalue weighted by Gasteiger charge is 2.30. The van der Waals surface area contributed by atoms with Gasteiger partial charge >= 0.3 is 7.60 Å². The Bertz CT molecular complexity index is 486. The van der Waals surface area contributed by atoms with E-state index in [4.69, 9.17) is 4.74 Å². The third-order valence-corrected chi connectivity index (χ3v) is 5.81. The summed E-state index contributed by atoms with van der Waals surface area (Å²) in [6.07, 6.45) is 15.3. The van der Waals surface area contributed by atoms with E-state index < -0.39 is 13.4 Å². The standard InChI is InChI=1S/C21H37O4P/c1-2-3-4-5-6-7-8-9-10-11-12-16-19-21(26(22,23)24)25-20-17-14-13-15-18-20/h13-15,17-18,21H,2-12,16,19H2,1H3,(H2,22,23,24). The lowest BCUT2D eigenvalue weighted by atomic mass is 10.0. The maximum Gasteiger partial charge on any atom is 0.365 e. The molecule has 0 amide bonds. The summed E-state index contributed by atoms with van der Waals surface area (Å²) in [5, 5.41) is 0. The zero-order valence-electron chi connectivity index (χ0n) is 16.3. The van der Waals surface area contributed by atoms with E-state index in [1.54, 1.807) is 24.3 Å². The number of rotatable bonds is 16. The van der Waals surface area contributed by atoms with Crippen molar-refractivity contribution in [3.05, 3.63) is 30.3 Å². The van der Waals surface area contributed by atoms with E-state index in [9.17, 15) is 14.4 Å². The van der Waals surface area contributed by atoms with E-state index in [0.29, 0.717) is 12.2 Å². The second-order valence-corrected chi connectivity index (χ2v) is 8.91. The summed E-state index contributed by atoms with van der Waals surface area (Å²) >= 11 is 0. The molecule has 0 aromatic heterocycles. The molecule has 2 N–H and O–H groups in total. The van der Waals surface area contributed by atoms with Crippen molar-refractivity contribution in [2.24, 2.45) is 0 Å². The predicted octanol–water partition coefficient (Wildman–Crippen LogP) is 6.66. The Morgan fingerprint density at radius 2 is 1.27 bits per heavy atom. The van der Waals surface area contributed by atoms with Crippen LogP contribution in [0.15, 0.2) is 30.3 Å². The maximum absolute atomic E-state index is 11.6. The van der Waals surface area contributed by atoms with Crippen LogP contribution in [0.5, 0.6) is 5.75 Å². The number of hydrogen-bond acceptors (Lipinski definition) is 2. The van der Waals surface area contributed by atoms with E-state index in [0.717, 1.165) is 19.3 Å². The first kappa shape index (κ1) is 23.2. The number of ether oxygens (including phenoxy) is 1.